The Kier molecular flexibility index (Phi) is 4.82. The van der Waals surface area contributed by atoms with Gasteiger partial charge in [-0.15, -0.1) is 11.3 Å². The number of hydrogen-bond acceptors (Lipinski definition) is 5. The molecule has 0 bridgehead atoms. The van der Waals surface area contributed by atoms with Crippen LogP contribution in [0.3, 0.4) is 0 Å². The molecule has 4 nitrogen and oxygen atoms in total. The highest BCUT2D eigenvalue weighted by Gasteiger charge is 2.34. The maximum absolute atomic E-state index is 4.69. The first-order valence-corrected chi connectivity index (χ1v) is 9.14. The third-order valence-electron chi connectivity index (χ3n) is 4.66. The second kappa shape index (κ2) is 6.63. The number of aromatic nitrogens is 1. The summed E-state index contributed by atoms with van der Waals surface area (Å²) < 4.78 is 0. The second-order valence-electron chi connectivity index (χ2n) is 6.79. The summed E-state index contributed by atoms with van der Waals surface area (Å²) in [5.41, 5.74) is 0. The zero-order valence-electron chi connectivity index (χ0n) is 13.5. The number of rotatable bonds is 4. The first-order chi connectivity index (χ1) is 10.1. The van der Waals surface area contributed by atoms with Gasteiger partial charge in [-0.05, 0) is 26.3 Å². The van der Waals surface area contributed by atoms with Gasteiger partial charge < -0.3 is 10.2 Å². The molecule has 3 heterocycles. The molecular formula is C16H28N4S. The van der Waals surface area contributed by atoms with E-state index < -0.39 is 0 Å². The lowest BCUT2D eigenvalue weighted by Gasteiger charge is -2.47. The minimum atomic E-state index is 0.528. The van der Waals surface area contributed by atoms with E-state index in [-0.39, 0.29) is 0 Å². The van der Waals surface area contributed by atoms with Crippen molar-refractivity contribution < 1.29 is 0 Å². The maximum Gasteiger partial charge on any atom is 0.185 e. The lowest BCUT2D eigenvalue weighted by molar-refractivity contribution is 0.115. The molecular weight excluding hydrogens is 280 g/mol. The van der Waals surface area contributed by atoms with E-state index >= 15 is 0 Å². The van der Waals surface area contributed by atoms with Crippen molar-refractivity contribution in [3.63, 3.8) is 0 Å². The van der Waals surface area contributed by atoms with E-state index in [1.807, 2.05) is 11.3 Å². The molecule has 1 N–H and O–H groups in total. The summed E-state index contributed by atoms with van der Waals surface area (Å²) >= 11 is 1.86. The molecule has 0 radical (unpaired) electrons. The summed E-state index contributed by atoms with van der Waals surface area (Å²) in [6.07, 6.45) is 6.18. The first-order valence-electron chi connectivity index (χ1n) is 8.32. The third-order valence-corrected chi connectivity index (χ3v) is 5.69. The molecule has 2 atom stereocenters. The molecule has 21 heavy (non-hydrogen) atoms. The van der Waals surface area contributed by atoms with Gasteiger partial charge in [-0.3, -0.25) is 4.90 Å². The smallest absolute Gasteiger partial charge is 0.185 e. The van der Waals surface area contributed by atoms with E-state index in [9.17, 15) is 0 Å². The van der Waals surface area contributed by atoms with Crippen molar-refractivity contribution in [1.82, 2.24) is 15.2 Å². The number of thiazole rings is 1. The number of anilines is 1. The van der Waals surface area contributed by atoms with Gasteiger partial charge in [-0.2, -0.15) is 0 Å². The minimum Gasteiger partial charge on any atom is -0.343 e. The number of fused-ring (bicyclic) bond motifs is 1. The Hall–Kier alpha value is -0.650. The van der Waals surface area contributed by atoms with Gasteiger partial charge >= 0.3 is 0 Å². The number of piperidine rings is 1. The topological polar surface area (TPSA) is 31.4 Å². The van der Waals surface area contributed by atoms with Gasteiger partial charge in [-0.25, -0.2) is 4.98 Å². The van der Waals surface area contributed by atoms with Crippen LogP contribution >= 0.6 is 11.3 Å². The molecule has 0 saturated carbocycles. The summed E-state index contributed by atoms with van der Waals surface area (Å²) in [5, 5.41) is 4.69. The molecule has 0 spiro atoms. The number of hydrogen-bond donors (Lipinski definition) is 1. The fourth-order valence-corrected chi connectivity index (χ4v) is 4.41. The van der Waals surface area contributed by atoms with Gasteiger partial charge in [0.15, 0.2) is 5.13 Å². The number of nitrogens with zero attached hydrogens (tertiary/aromatic N) is 3. The van der Waals surface area contributed by atoms with Crippen molar-refractivity contribution in [3.8, 4) is 0 Å². The average Bonchev–Trinajstić information content (AvgIpc) is 2.93. The minimum absolute atomic E-state index is 0.528. The molecule has 2 saturated heterocycles. The molecule has 2 unspecified atom stereocenters. The molecule has 1 aromatic rings. The van der Waals surface area contributed by atoms with E-state index in [1.54, 1.807) is 0 Å². The highest BCUT2D eigenvalue weighted by molar-refractivity contribution is 7.15. The largest absolute Gasteiger partial charge is 0.343 e. The molecule has 2 aliphatic rings. The van der Waals surface area contributed by atoms with Crippen LogP contribution in [0, 0.1) is 0 Å². The first kappa shape index (κ1) is 15.3. The van der Waals surface area contributed by atoms with E-state index in [0.717, 1.165) is 19.1 Å². The van der Waals surface area contributed by atoms with Gasteiger partial charge in [0.2, 0.25) is 0 Å². The Morgan fingerprint density at radius 1 is 1.38 bits per heavy atom. The molecule has 118 valence electrons. The molecule has 3 rings (SSSR count). The zero-order valence-corrected chi connectivity index (χ0v) is 14.3. The maximum atomic E-state index is 4.69. The molecule has 2 aliphatic heterocycles. The van der Waals surface area contributed by atoms with Gasteiger partial charge in [0.05, 0.1) is 0 Å². The van der Waals surface area contributed by atoms with Crippen molar-refractivity contribution >= 4 is 16.5 Å². The van der Waals surface area contributed by atoms with Crippen LogP contribution in [0.5, 0.6) is 0 Å². The van der Waals surface area contributed by atoms with Crippen LogP contribution < -0.4 is 10.2 Å². The standard InChI is InChI=1S/C16H28N4S/c1-12(2)17-8-15-9-18-16(21-15)20-11-14-6-4-5-7-19(14)10-13(20)3/h9,12-14,17H,4-8,10-11H2,1-3H3. The number of piperazine rings is 1. The van der Waals surface area contributed by atoms with Crippen LogP contribution in [0.1, 0.15) is 44.9 Å². The SMILES string of the molecule is CC(C)NCc1cnc(N2CC3CCCCN3CC2C)s1. The molecule has 0 aromatic carbocycles. The van der Waals surface area contributed by atoms with Gasteiger partial charge in [-0.1, -0.05) is 20.3 Å². The van der Waals surface area contributed by atoms with Gasteiger partial charge in [0, 0.05) is 48.8 Å². The van der Waals surface area contributed by atoms with Crippen molar-refractivity contribution in [1.29, 1.82) is 0 Å². The summed E-state index contributed by atoms with van der Waals surface area (Å²) in [5.74, 6) is 0. The molecule has 5 heteroatoms. The molecule has 0 amide bonds. The Morgan fingerprint density at radius 2 is 2.24 bits per heavy atom. The average molecular weight is 308 g/mol. The molecule has 2 fully saturated rings. The monoisotopic (exact) mass is 308 g/mol. The quantitative estimate of drug-likeness (QED) is 0.927. The van der Waals surface area contributed by atoms with Crippen LogP contribution in [0.15, 0.2) is 6.20 Å². The van der Waals surface area contributed by atoms with Crippen LogP contribution in [-0.4, -0.2) is 47.6 Å². The molecule has 0 aliphatic carbocycles. The van der Waals surface area contributed by atoms with Crippen LogP contribution in [-0.2, 0) is 6.54 Å². The lowest BCUT2D eigenvalue weighted by atomic mass is 9.97. The van der Waals surface area contributed by atoms with Crippen molar-refractivity contribution in [2.75, 3.05) is 24.5 Å². The summed E-state index contributed by atoms with van der Waals surface area (Å²) in [6, 6.07) is 1.85. The van der Waals surface area contributed by atoms with Gasteiger partial charge in [0.1, 0.15) is 0 Å². The van der Waals surface area contributed by atoms with Crippen LogP contribution in [0.25, 0.3) is 0 Å². The van der Waals surface area contributed by atoms with E-state index in [4.69, 9.17) is 4.98 Å². The van der Waals surface area contributed by atoms with E-state index in [1.165, 1.54) is 42.4 Å². The van der Waals surface area contributed by atoms with E-state index in [0.29, 0.717) is 12.1 Å². The predicted molar refractivity (Wildman–Crippen MR) is 90.1 cm³/mol. The van der Waals surface area contributed by atoms with Crippen LogP contribution in [0.2, 0.25) is 0 Å². The normalized spacial score (nSPS) is 27.1. The predicted octanol–water partition coefficient (Wildman–Crippen LogP) is 2.70. The zero-order chi connectivity index (χ0) is 14.8. The Morgan fingerprint density at radius 3 is 3.05 bits per heavy atom. The fourth-order valence-electron chi connectivity index (χ4n) is 3.44. The summed E-state index contributed by atoms with van der Waals surface area (Å²) in [4.78, 5) is 11.3. The number of nitrogens with one attached hydrogen (secondary N) is 1. The van der Waals surface area contributed by atoms with Crippen molar-refractivity contribution in [3.05, 3.63) is 11.1 Å². The lowest BCUT2D eigenvalue weighted by Crippen LogP contribution is -2.58. The fraction of sp³-hybridized carbons (Fsp3) is 0.812. The highest BCUT2D eigenvalue weighted by atomic mass is 32.1. The van der Waals surface area contributed by atoms with Gasteiger partial charge in [0.25, 0.3) is 0 Å². The summed E-state index contributed by atoms with van der Waals surface area (Å²) in [7, 11) is 0. The summed E-state index contributed by atoms with van der Waals surface area (Å²) in [6.45, 7) is 11.3. The van der Waals surface area contributed by atoms with E-state index in [2.05, 4.69) is 42.1 Å². The van der Waals surface area contributed by atoms with Crippen molar-refractivity contribution in [2.24, 2.45) is 0 Å². The molecule has 1 aromatic heterocycles. The van der Waals surface area contributed by atoms with Crippen molar-refractivity contribution in [2.45, 2.75) is 64.7 Å². The Labute approximate surface area is 132 Å². The Balaban J connectivity index is 1.65. The highest BCUT2D eigenvalue weighted by Crippen LogP contribution is 2.30. The third kappa shape index (κ3) is 3.58. The van der Waals surface area contributed by atoms with Crippen LogP contribution in [0.4, 0.5) is 5.13 Å². The second-order valence-corrected chi connectivity index (χ2v) is 7.88. The Bertz CT molecular complexity index is 459.